The lowest BCUT2D eigenvalue weighted by molar-refractivity contribution is 0.0955. The lowest BCUT2D eigenvalue weighted by atomic mass is 10.0. The molecule has 0 bridgehead atoms. The zero-order valence-corrected chi connectivity index (χ0v) is 14.0. The molecule has 0 unspecified atom stereocenters. The lowest BCUT2D eigenvalue weighted by Gasteiger charge is -2.09. The van der Waals surface area contributed by atoms with Crippen LogP contribution < -0.4 is 5.32 Å². The molecule has 0 aliphatic rings. The van der Waals surface area contributed by atoms with E-state index >= 15 is 0 Å². The number of hydrogen-bond donors (Lipinski definition) is 1. The molecular weight excluding hydrogens is 304 g/mol. The molecule has 24 heavy (non-hydrogen) atoms. The van der Waals surface area contributed by atoms with Crippen molar-refractivity contribution in [1.29, 1.82) is 0 Å². The van der Waals surface area contributed by atoms with Crippen molar-refractivity contribution in [3.63, 3.8) is 0 Å². The Balaban J connectivity index is 1.82. The third kappa shape index (κ3) is 3.27. The van der Waals surface area contributed by atoms with Crippen LogP contribution in [0.3, 0.4) is 0 Å². The minimum absolute atomic E-state index is 0.135. The van der Waals surface area contributed by atoms with Crippen molar-refractivity contribution >= 4 is 17.0 Å². The molecule has 1 amide bonds. The van der Waals surface area contributed by atoms with Gasteiger partial charge in [0.05, 0.1) is 16.6 Å². The fraction of sp³-hybridized carbons (Fsp3) is 0.333. The van der Waals surface area contributed by atoms with Gasteiger partial charge in [0.2, 0.25) is 0 Å². The van der Waals surface area contributed by atoms with Crippen molar-refractivity contribution in [2.24, 2.45) is 0 Å². The molecule has 3 rings (SSSR count). The number of rotatable bonds is 5. The van der Waals surface area contributed by atoms with Crippen LogP contribution >= 0.6 is 0 Å². The maximum Gasteiger partial charge on any atom is 0.259 e. The second-order valence-corrected chi connectivity index (χ2v) is 6.06. The highest BCUT2D eigenvalue weighted by atomic mass is 16.5. The van der Waals surface area contributed by atoms with Crippen LogP contribution in [0.4, 0.5) is 0 Å². The van der Waals surface area contributed by atoms with Gasteiger partial charge in [0.1, 0.15) is 0 Å². The summed E-state index contributed by atoms with van der Waals surface area (Å²) in [6.45, 7) is 6.43. The van der Waals surface area contributed by atoms with Crippen LogP contribution in [0.1, 0.15) is 47.1 Å². The van der Waals surface area contributed by atoms with E-state index in [1.807, 2.05) is 39.0 Å². The zero-order valence-electron chi connectivity index (χ0n) is 14.0. The number of nitrogens with zero attached hydrogens (tertiary/aromatic N) is 3. The molecule has 0 saturated heterocycles. The topological polar surface area (TPSA) is 80.9 Å². The first-order valence-electron chi connectivity index (χ1n) is 8.00. The van der Waals surface area contributed by atoms with Gasteiger partial charge in [-0.3, -0.25) is 9.78 Å². The average Bonchev–Trinajstić information content (AvgIpc) is 2.96. The molecule has 3 aromatic rings. The maximum absolute atomic E-state index is 12.7. The van der Waals surface area contributed by atoms with E-state index < -0.39 is 0 Å². The Hall–Kier alpha value is -2.76. The summed E-state index contributed by atoms with van der Waals surface area (Å²) < 4.78 is 5.26. The summed E-state index contributed by atoms with van der Waals surface area (Å²) in [5.41, 5.74) is 3.61. The normalized spacial score (nSPS) is 11.2. The maximum atomic E-state index is 12.7. The molecule has 1 N–H and O–H groups in total. The third-order valence-electron chi connectivity index (χ3n) is 3.92. The molecule has 3 aromatic heterocycles. The van der Waals surface area contributed by atoms with Gasteiger partial charge in [0.25, 0.3) is 11.6 Å². The number of carbonyl (C=O) groups is 1. The Morgan fingerprint density at radius 1 is 1.29 bits per heavy atom. The molecule has 124 valence electrons. The minimum Gasteiger partial charge on any atom is -0.352 e. The van der Waals surface area contributed by atoms with Crippen LogP contribution in [0.5, 0.6) is 0 Å². The predicted molar refractivity (Wildman–Crippen MR) is 90.9 cm³/mol. The highest BCUT2D eigenvalue weighted by molar-refractivity contribution is 6.06. The van der Waals surface area contributed by atoms with E-state index in [1.54, 1.807) is 12.4 Å². The smallest absolute Gasteiger partial charge is 0.259 e. The Bertz CT molecular complexity index is 856. The molecule has 0 radical (unpaired) electrons. The van der Waals surface area contributed by atoms with Gasteiger partial charge < -0.3 is 9.84 Å². The average molecular weight is 324 g/mol. The number of aryl methyl sites for hydroxylation is 1. The second-order valence-electron chi connectivity index (χ2n) is 6.06. The van der Waals surface area contributed by atoms with Gasteiger partial charge in [0.15, 0.2) is 0 Å². The number of carbonyl (C=O) groups excluding carboxylic acids is 1. The number of fused-ring (bicyclic) bond motifs is 1. The SMILES string of the molecule is Cc1noc2nc(C(C)C)cc(C(=O)NCCc3ccncc3)c12. The lowest BCUT2D eigenvalue weighted by Crippen LogP contribution is -2.26. The molecule has 0 aliphatic carbocycles. The first-order valence-corrected chi connectivity index (χ1v) is 8.00. The molecule has 0 aromatic carbocycles. The van der Waals surface area contributed by atoms with Gasteiger partial charge in [-0.05, 0) is 43.0 Å². The molecule has 0 atom stereocenters. The standard InChI is InChI=1S/C18H20N4O2/c1-11(2)15-10-14(16-12(3)22-24-18(16)21-15)17(23)20-9-6-13-4-7-19-8-5-13/h4-5,7-8,10-11H,6,9H2,1-3H3,(H,20,23). The molecule has 3 heterocycles. The Morgan fingerprint density at radius 3 is 2.75 bits per heavy atom. The van der Waals surface area contributed by atoms with Crippen LogP contribution in [-0.2, 0) is 6.42 Å². The quantitative estimate of drug-likeness (QED) is 0.780. The van der Waals surface area contributed by atoms with E-state index in [1.165, 1.54) is 0 Å². The van der Waals surface area contributed by atoms with Crippen molar-refractivity contribution < 1.29 is 9.32 Å². The minimum atomic E-state index is -0.135. The molecule has 6 nitrogen and oxygen atoms in total. The van der Waals surface area contributed by atoms with Gasteiger partial charge in [0, 0.05) is 24.6 Å². The van der Waals surface area contributed by atoms with Crippen molar-refractivity contribution in [3.8, 4) is 0 Å². The second kappa shape index (κ2) is 6.78. The van der Waals surface area contributed by atoms with Crippen molar-refractivity contribution in [1.82, 2.24) is 20.4 Å². The van der Waals surface area contributed by atoms with Gasteiger partial charge in [-0.25, -0.2) is 4.98 Å². The number of amides is 1. The van der Waals surface area contributed by atoms with Crippen LogP contribution in [0.25, 0.3) is 11.1 Å². The fourth-order valence-corrected chi connectivity index (χ4v) is 2.55. The van der Waals surface area contributed by atoms with E-state index in [9.17, 15) is 4.79 Å². The molecule has 0 saturated carbocycles. The Labute approximate surface area is 140 Å². The van der Waals surface area contributed by atoms with Crippen LogP contribution in [-0.4, -0.2) is 27.6 Å². The summed E-state index contributed by atoms with van der Waals surface area (Å²) in [7, 11) is 0. The third-order valence-corrected chi connectivity index (χ3v) is 3.92. The van der Waals surface area contributed by atoms with Crippen molar-refractivity contribution in [2.45, 2.75) is 33.1 Å². The summed E-state index contributed by atoms with van der Waals surface area (Å²) in [5.74, 6) is 0.0628. The van der Waals surface area contributed by atoms with Gasteiger partial charge in [-0.1, -0.05) is 19.0 Å². The van der Waals surface area contributed by atoms with Gasteiger partial charge in [-0.15, -0.1) is 0 Å². The molecule has 6 heteroatoms. The summed E-state index contributed by atoms with van der Waals surface area (Å²) in [4.78, 5) is 21.1. The Morgan fingerprint density at radius 2 is 2.04 bits per heavy atom. The van der Waals surface area contributed by atoms with E-state index in [-0.39, 0.29) is 11.8 Å². The number of aromatic nitrogens is 3. The van der Waals surface area contributed by atoms with E-state index in [0.717, 1.165) is 17.7 Å². The van der Waals surface area contributed by atoms with Crippen LogP contribution in [0.2, 0.25) is 0 Å². The van der Waals surface area contributed by atoms with Gasteiger partial charge >= 0.3 is 0 Å². The summed E-state index contributed by atoms with van der Waals surface area (Å²) in [5, 5.41) is 7.59. The highest BCUT2D eigenvalue weighted by Crippen LogP contribution is 2.25. The molecular formula is C18H20N4O2. The monoisotopic (exact) mass is 324 g/mol. The molecule has 0 fully saturated rings. The van der Waals surface area contributed by atoms with E-state index in [2.05, 4.69) is 20.4 Å². The number of hydrogen-bond acceptors (Lipinski definition) is 5. The first-order chi connectivity index (χ1) is 11.6. The largest absolute Gasteiger partial charge is 0.352 e. The summed E-state index contributed by atoms with van der Waals surface area (Å²) >= 11 is 0. The molecule has 0 aliphatic heterocycles. The summed E-state index contributed by atoms with van der Waals surface area (Å²) in [6, 6.07) is 5.72. The van der Waals surface area contributed by atoms with Crippen molar-refractivity contribution in [2.75, 3.05) is 6.54 Å². The van der Waals surface area contributed by atoms with E-state index in [0.29, 0.717) is 28.9 Å². The van der Waals surface area contributed by atoms with Crippen LogP contribution in [0.15, 0.2) is 35.1 Å². The zero-order chi connectivity index (χ0) is 17.1. The Kier molecular flexibility index (Phi) is 4.55. The van der Waals surface area contributed by atoms with Gasteiger partial charge in [-0.2, -0.15) is 0 Å². The van der Waals surface area contributed by atoms with Crippen molar-refractivity contribution in [3.05, 3.63) is 53.1 Å². The fourth-order valence-electron chi connectivity index (χ4n) is 2.55. The first kappa shape index (κ1) is 16.1. The predicted octanol–water partition coefficient (Wildman–Crippen LogP) is 3.02. The van der Waals surface area contributed by atoms with Crippen LogP contribution in [0, 0.1) is 6.92 Å². The highest BCUT2D eigenvalue weighted by Gasteiger charge is 2.19. The summed E-state index contributed by atoms with van der Waals surface area (Å²) in [6.07, 6.45) is 4.25. The number of pyridine rings is 2. The number of nitrogens with one attached hydrogen (secondary N) is 1. The van der Waals surface area contributed by atoms with E-state index in [4.69, 9.17) is 4.52 Å². The molecule has 0 spiro atoms.